The van der Waals surface area contributed by atoms with Gasteiger partial charge in [-0.3, -0.25) is 0 Å². The van der Waals surface area contributed by atoms with Gasteiger partial charge in [0, 0.05) is 0 Å². The molecule has 0 atom stereocenters. The molecule has 108 valence electrons. The molecule has 0 nitrogen and oxygen atoms in total. The largest absolute Gasteiger partial charge is 0.207 e. The third-order valence-electron chi connectivity index (χ3n) is 3.46. The molecule has 0 N–H and O–H groups in total. The van der Waals surface area contributed by atoms with Gasteiger partial charge in [-0.2, -0.15) is 0 Å². The molecule has 0 radical (unpaired) electrons. The van der Waals surface area contributed by atoms with Gasteiger partial charge in [-0.25, -0.2) is 8.78 Å². The number of benzene rings is 2. The van der Waals surface area contributed by atoms with Gasteiger partial charge in [0.1, 0.15) is 11.6 Å². The van der Waals surface area contributed by atoms with E-state index >= 15 is 0 Å². The van der Waals surface area contributed by atoms with E-state index in [9.17, 15) is 8.78 Å². The molecule has 0 spiro atoms. The Morgan fingerprint density at radius 2 is 1.00 bits per heavy atom. The molecule has 0 aliphatic heterocycles. The molecule has 2 aromatic rings. The van der Waals surface area contributed by atoms with Crippen LogP contribution >= 0.6 is 0 Å². The van der Waals surface area contributed by atoms with Crippen molar-refractivity contribution in [3.05, 3.63) is 84.5 Å². The SMILES string of the molecule is C=C(CCCC(=C)c1ccc(F)cc1)c1ccc(F)cc1. The molecule has 0 heterocycles. The van der Waals surface area contributed by atoms with E-state index in [0.29, 0.717) is 0 Å². The van der Waals surface area contributed by atoms with Crippen LogP contribution in [0.25, 0.3) is 11.1 Å². The van der Waals surface area contributed by atoms with Gasteiger partial charge in [0.2, 0.25) is 0 Å². The van der Waals surface area contributed by atoms with Crippen molar-refractivity contribution in [1.29, 1.82) is 0 Å². The molecule has 0 aromatic heterocycles. The first-order chi connectivity index (χ1) is 10.1. The Kier molecular flexibility index (Phi) is 5.04. The van der Waals surface area contributed by atoms with Crippen LogP contribution in [-0.2, 0) is 0 Å². The van der Waals surface area contributed by atoms with E-state index in [1.165, 1.54) is 24.3 Å². The van der Waals surface area contributed by atoms with E-state index < -0.39 is 0 Å². The average Bonchev–Trinajstić information content (AvgIpc) is 2.48. The molecule has 0 fully saturated rings. The Labute approximate surface area is 124 Å². The summed E-state index contributed by atoms with van der Waals surface area (Å²) in [5, 5.41) is 0. The maximum atomic E-state index is 12.9. The number of rotatable bonds is 6. The van der Waals surface area contributed by atoms with Crippen LogP contribution in [0.3, 0.4) is 0 Å². The van der Waals surface area contributed by atoms with Gasteiger partial charge in [-0.05, 0) is 65.8 Å². The highest BCUT2D eigenvalue weighted by Crippen LogP contribution is 2.24. The fraction of sp³-hybridized carbons (Fsp3) is 0.158. The second-order valence-corrected chi connectivity index (χ2v) is 5.07. The summed E-state index contributed by atoms with van der Waals surface area (Å²) in [7, 11) is 0. The fourth-order valence-electron chi connectivity index (χ4n) is 2.18. The summed E-state index contributed by atoms with van der Waals surface area (Å²) in [5.74, 6) is -0.479. The summed E-state index contributed by atoms with van der Waals surface area (Å²) in [6.45, 7) is 8.07. The quantitative estimate of drug-likeness (QED) is 0.623. The Morgan fingerprint density at radius 3 is 1.33 bits per heavy atom. The maximum Gasteiger partial charge on any atom is 0.123 e. The molecule has 0 unspecified atom stereocenters. The van der Waals surface area contributed by atoms with Crippen molar-refractivity contribution in [3.8, 4) is 0 Å². The Bertz CT molecular complexity index is 564. The molecular weight excluding hydrogens is 266 g/mol. The standard InChI is InChI=1S/C19H18F2/c1-14(16-6-10-18(20)11-7-16)4-3-5-15(2)17-8-12-19(21)13-9-17/h6-13H,1-5H2. The van der Waals surface area contributed by atoms with Crippen LogP contribution in [0.4, 0.5) is 8.78 Å². The minimum absolute atomic E-state index is 0.240. The van der Waals surface area contributed by atoms with Crippen molar-refractivity contribution >= 4 is 11.1 Å². The smallest absolute Gasteiger partial charge is 0.123 e. The highest BCUT2D eigenvalue weighted by atomic mass is 19.1. The predicted molar refractivity (Wildman–Crippen MR) is 84.7 cm³/mol. The molecule has 0 saturated heterocycles. The third-order valence-corrected chi connectivity index (χ3v) is 3.46. The van der Waals surface area contributed by atoms with Gasteiger partial charge in [0.25, 0.3) is 0 Å². The lowest BCUT2D eigenvalue weighted by Crippen LogP contribution is -1.88. The lowest BCUT2D eigenvalue weighted by atomic mass is 9.97. The molecule has 21 heavy (non-hydrogen) atoms. The van der Waals surface area contributed by atoms with E-state index in [-0.39, 0.29) is 11.6 Å². The molecule has 2 aromatic carbocycles. The zero-order valence-corrected chi connectivity index (χ0v) is 11.9. The first-order valence-corrected chi connectivity index (χ1v) is 6.93. The van der Waals surface area contributed by atoms with E-state index in [1.807, 2.05) is 0 Å². The van der Waals surface area contributed by atoms with Gasteiger partial charge in [0.15, 0.2) is 0 Å². The first kappa shape index (κ1) is 15.2. The van der Waals surface area contributed by atoms with Crippen LogP contribution in [-0.4, -0.2) is 0 Å². The fourth-order valence-corrected chi connectivity index (χ4v) is 2.18. The average molecular weight is 284 g/mol. The number of allylic oxidation sites excluding steroid dienone is 2. The minimum Gasteiger partial charge on any atom is -0.207 e. The highest BCUT2D eigenvalue weighted by Gasteiger charge is 2.03. The molecule has 0 bridgehead atoms. The number of halogens is 2. The van der Waals surface area contributed by atoms with Gasteiger partial charge >= 0.3 is 0 Å². The summed E-state index contributed by atoms with van der Waals surface area (Å²) < 4.78 is 25.7. The molecular formula is C19H18F2. The van der Waals surface area contributed by atoms with Gasteiger partial charge in [-0.15, -0.1) is 0 Å². The predicted octanol–water partition coefficient (Wildman–Crippen LogP) is 5.86. The molecule has 2 rings (SSSR count). The van der Waals surface area contributed by atoms with Crippen LogP contribution in [0.5, 0.6) is 0 Å². The van der Waals surface area contributed by atoms with Crippen molar-refractivity contribution in [2.75, 3.05) is 0 Å². The Hall–Kier alpha value is -2.22. The van der Waals surface area contributed by atoms with Crippen molar-refractivity contribution in [3.63, 3.8) is 0 Å². The lowest BCUT2D eigenvalue weighted by Gasteiger charge is -2.08. The van der Waals surface area contributed by atoms with Crippen LogP contribution in [0.2, 0.25) is 0 Å². The first-order valence-electron chi connectivity index (χ1n) is 6.93. The second kappa shape index (κ2) is 6.98. The monoisotopic (exact) mass is 284 g/mol. The summed E-state index contributed by atoms with van der Waals surface area (Å²) in [6, 6.07) is 12.7. The summed E-state index contributed by atoms with van der Waals surface area (Å²) in [4.78, 5) is 0. The zero-order chi connectivity index (χ0) is 15.2. The normalized spacial score (nSPS) is 10.4. The van der Waals surface area contributed by atoms with E-state index in [4.69, 9.17) is 0 Å². The minimum atomic E-state index is -0.240. The molecule has 2 heteroatoms. The number of hydrogen-bond donors (Lipinski definition) is 0. The van der Waals surface area contributed by atoms with Crippen LogP contribution < -0.4 is 0 Å². The van der Waals surface area contributed by atoms with Crippen molar-refractivity contribution in [1.82, 2.24) is 0 Å². The van der Waals surface area contributed by atoms with E-state index in [1.54, 1.807) is 24.3 Å². The van der Waals surface area contributed by atoms with Gasteiger partial charge in [0.05, 0.1) is 0 Å². The van der Waals surface area contributed by atoms with Crippen molar-refractivity contribution in [2.24, 2.45) is 0 Å². The Balaban J connectivity index is 1.83. The summed E-state index contributed by atoms with van der Waals surface area (Å²) >= 11 is 0. The molecule has 0 amide bonds. The second-order valence-electron chi connectivity index (χ2n) is 5.07. The van der Waals surface area contributed by atoms with E-state index in [2.05, 4.69) is 13.2 Å². The zero-order valence-electron chi connectivity index (χ0n) is 11.9. The summed E-state index contributed by atoms with van der Waals surface area (Å²) in [5.41, 5.74) is 3.90. The summed E-state index contributed by atoms with van der Waals surface area (Å²) in [6.07, 6.45) is 2.56. The topological polar surface area (TPSA) is 0 Å². The van der Waals surface area contributed by atoms with Crippen molar-refractivity contribution < 1.29 is 8.78 Å². The molecule has 0 aliphatic rings. The van der Waals surface area contributed by atoms with E-state index in [0.717, 1.165) is 41.5 Å². The Morgan fingerprint density at radius 1 is 0.667 bits per heavy atom. The van der Waals surface area contributed by atoms with Gasteiger partial charge < -0.3 is 0 Å². The van der Waals surface area contributed by atoms with Gasteiger partial charge in [-0.1, -0.05) is 37.4 Å². The number of hydrogen-bond acceptors (Lipinski definition) is 0. The van der Waals surface area contributed by atoms with Crippen molar-refractivity contribution in [2.45, 2.75) is 19.3 Å². The maximum absolute atomic E-state index is 12.9. The molecule has 0 saturated carbocycles. The third kappa shape index (κ3) is 4.38. The molecule has 0 aliphatic carbocycles. The van der Waals surface area contributed by atoms with Crippen LogP contribution in [0.15, 0.2) is 61.7 Å². The van der Waals surface area contributed by atoms with Crippen LogP contribution in [0.1, 0.15) is 30.4 Å². The lowest BCUT2D eigenvalue weighted by molar-refractivity contribution is 0.627. The highest BCUT2D eigenvalue weighted by molar-refractivity contribution is 5.65. The van der Waals surface area contributed by atoms with Crippen LogP contribution in [0, 0.1) is 11.6 Å².